The number of carboxylic acid groups (broad SMARTS) is 1. The first-order chi connectivity index (χ1) is 12.5. The number of nitrogens with zero attached hydrogens (tertiary/aromatic N) is 8. The van der Waals surface area contributed by atoms with Crippen molar-refractivity contribution in [2.75, 3.05) is 18.1 Å². The maximum atomic E-state index is 11.9. The van der Waals surface area contributed by atoms with Crippen molar-refractivity contribution in [3.63, 3.8) is 0 Å². The molecule has 13 nitrogen and oxygen atoms in total. The van der Waals surface area contributed by atoms with Crippen LogP contribution < -0.4 is 5.73 Å². The number of H-pyrrole nitrogens is 1. The minimum absolute atomic E-state index is 0.131. The largest absolute Gasteiger partial charge is 0.481 e. The Labute approximate surface area is 154 Å². The first-order valence-corrected chi connectivity index (χ1v) is 9.56. The van der Waals surface area contributed by atoms with Crippen molar-refractivity contribution >= 4 is 35.4 Å². The summed E-state index contributed by atoms with van der Waals surface area (Å²) in [6.45, 7) is 0.336. The van der Waals surface area contributed by atoms with Gasteiger partial charge in [-0.25, -0.2) is 0 Å². The molecule has 2 aromatic rings. The van der Waals surface area contributed by atoms with Crippen molar-refractivity contribution in [1.82, 2.24) is 45.7 Å². The van der Waals surface area contributed by atoms with Crippen molar-refractivity contribution in [3.8, 4) is 0 Å². The normalized spacial score (nSPS) is 27.9. The van der Waals surface area contributed by atoms with Gasteiger partial charge in [-0.2, -0.15) is 10.0 Å². The summed E-state index contributed by atoms with van der Waals surface area (Å²) in [6, 6.07) is -0.536. The fraction of sp³-hybridized carbons (Fsp3) is 0.636. The average molecular weight is 398 g/mol. The van der Waals surface area contributed by atoms with E-state index in [2.05, 4.69) is 36.0 Å². The molecule has 2 aromatic heterocycles. The highest BCUT2D eigenvalue weighted by atomic mass is 32.2. The molecule has 4 N–H and O–H groups in total. The van der Waals surface area contributed by atoms with Gasteiger partial charge in [-0.15, -0.1) is 32.2 Å². The molecule has 4 heterocycles. The first-order valence-electron chi connectivity index (χ1n) is 7.52. The summed E-state index contributed by atoms with van der Waals surface area (Å²) in [5.74, 6) is -0.169. The molecule has 2 aliphatic rings. The van der Waals surface area contributed by atoms with Crippen LogP contribution in [0.25, 0.3) is 0 Å². The maximum Gasteiger partial charge on any atom is 0.313 e. The number of thioether (sulfide) groups is 2. The van der Waals surface area contributed by atoms with Crippen LogP contribution in [-0.2, 0) is 16.1 Å². The molecular formula is C11H14N10O3S2. The van der Waals surface area contributed by atoms with Crippen molar-refractivity contribution in [3.05, 3.63) is 5.82 Å². The van der Waals surface area contributed by atoms with E-state index in [1.807, 2.05) is 0 Å². The molecule has 0 aliphatic carbocycles. The molecule has 0 saturated carbocycles. The fourth-order valence-electron chi connectivity index (χ4n) is 2.74. The van der Waals surface area contributed by atoms with Gasteiger partial charge in [-0.05, 0) is 5.21 Å². The van der Waals surface area contributed by atoms with Gasteiger partial charge in [0, 0.05) is 18.1 Å². The van der Waals surface area contributed by atoms with E-state index in [4.69, 9.17) is 5.73 Å². The van der Waals surface area contributed by atoms with E-state index < -0.39 is 17.4 Å². The highest BCUT2D eigenvalue weighted by Crippen LogP contribution is 2.43. The van der Waals surface area contributed by atoms with Crippen LogP contribution in [0.3, 0.4) is 0 Å². The third-order valence-electron chi connectivity index (χ3n) is 4.22. The summed E-state index contributed by atoms with van der Waals surface area (Å²) in [6.07, 6.45) is 0. The summed E-state index contributed by atoms with van der Waals surface area (Å²) < 4.78 is 0. The second-order valence-electron chi connectivity index (χ2n) is 6.00. The number of aliphatic carboxylic acids is 1. The van der Waals surface area contributed by atoms with Crippen molar-refractivity contribution < 1.29 is 14.7 Å². The monoisotopic (exact) mass is 398 g/mol. The number of nitrogens with two attached hydrogens (primary N) is 1. The highest BCUT2D eigenvalue weighted by Gasteiger charge is 2.55. The third kappa shape index (κ3) is 2.90. The Kier molecular flexibility index (Phi) is 4.28. The fourth-order valence-corrected chi connectivity index (χ4v) is 5.33. The van der Waals surface area contributed by atoms with Crippen molar-refractivity contribution in [1.29, 1.82) is 0 Å². The predicted molar refractivity (Wildman–Crippen MR) is 87.8 cm³/mol. The van der Waals surface area contributed by atoms with Crippen LogP contribution in [-0.4, -0.2) is 92.2 Å². The van der Waals surface area contributed by atoms with Crippen LogP contribution in [0.4, 0.5) is 0 Å². The van der Waals surface area contributed by atoms with Crippen LogP contribution in [0.2, 0.25) is 0 Å². The van der Waals surface area contributed by atoms with Gasteiger partial charge in [-0.3, -0.25) is 9.59 Å². The van der Waals surface area contributed by atoms with Gasteiger partial charge in [0.2, 0.25) is 11.1 Å². The molecule has 15 heteroatoms. The quantitative estimate of drug-likeness (QED) is 0.348. The number of carbonyl (C=O) groups is 2. The summed E-state index contributed by atoms with van der Waals surface area (Å²) in [4.78, 5) is 26.6. The SMILES string of the molecule is NC1C(=O)N2CC(CSc3nnn(Cc4nn[nH]n4)n3)(C(=O)O)CS[C@H]12. The first kappa shape index (κ1) is 17.2. The molecule has 0 bridgehead atoms. The van der Waals surface area contributed by atoms with E-state index in [0.717, 1.165) is 0 Å². The number of hydrogen-bond donors (Lipinski definition) is 3. The molecule has 2 fully saturated rings. The number of rotatable bonds is 6. The lowest BCUT2D eigenvalue weighted by Gasteiger charge is -2.52. The molecule has 0 aromatic carbocycles. The number of hydrogen-bond acceptors (Lipinski definition) is 11. The van der Waals surface area contributed by atoms with Gasteiger partial charge >= 0.3 is 5.97 Å². The summed E-state index contributed by atoms with van der Waals surface area (Å²) in [7, 11) is 0. The van der Waals surface area contributed by atoms with Gasteiger partial charge in [-0.1, -0.05) is 17.0 Å². The standard InChI is InChI=1S/C11H14N10O3S2/c12-6-7(22)20-2-11(9(23)24,3-25-8(6)20)4-26-10-15-19-21(16-10)1-5-13-17-18-14-5/h6,8H,1-4,12H2,(H,23,24)(H,13,14,17,18)/t6?,8-,11?/m1/s1. The lowest BCUT2D eigenvalue weighted by molar-refractivity contribution is -0.155. The zero-order valence-corrected chi connectivity index (χ0v) is 14.9. The molecule has 138 valence electrons. The van der Waals surface area contributed by atoms with Crippen molar-refractivity contribution in [2.45, 2.75) is 23.1 Å². The van der Waals surface area contributed by atoms with E-state index in [0.29, 0.717) is 16.7 Å². The lowest BCUT2D eigenvalue weighted by atomic mass is 9.89. The zero-order valence-electron chi connectivity index (χ0n) is 13.2. The van der Waals surface area contributed by atoms with Crippen LogP contribution in [0.5, 0.6) is 0 Å². The Bertz CT molecular complexity index is 828. The molecule has 2 unspecified atom stereocenters. The second-order valence-corrected chi connectivity index (χ2v) is 8.05. The number of aromatic nitrogens is 8. The number of carbonyl (C=O) groups excluding carboxylic acids is 1. The Morgan fingerprint density at radius 1 is 1.50 bits per heavy atom. The predicted octanol–water partition coefficient (Wildman–Crippen LogP) is -2.36. The molecule has 2 aliphatic heterocycles. The molecule has 2 saturated heterocycles. The van der Waals surface area contributed by atoms with Gasteiger partial charge in [0.25, 0.3) is 0 Å². The van der Waals surface area contributed by atoms with E-state index in [9.17, 15) is 14.7 Å². The summed E-state index contributed by atoms with van der Waals surface area (Å²) >= 11 is 2.58. The Hall–Kier alpha value is -2.26. The lowest BCUT2D eigenvalue weighted by Crippen LogP contribution is -2.72. The van der Waals surface area contributed by atoms with Crippen LogP contribution in [0.15, 0.2) is 5.16 Å². The maximum absolute atomic E-state index is 11.9. The van der Waals surface area contributed by atoms with Crippen LogP contribution in [0.1, 0.15) is 5.82 Å². The number of nitrogens with one attached hydrogen (secondary N) is 1. The number of fused-ring (bicyclic) bond motifs is 1. The molecule has 0 spiro atoms. The number of aromatic amines is 1. The van der Waals surface area contributed by atoms with Crippen LogP contribution in [0, 0.1) is 5.41 Å². The molecule has 26 heavy (non-hydrogen) atoms. The number of tetrazole rings is 2. The number of carboxylic acids is 1. The topological polar surface area (TPSA) is 182 Å². The molecule has 3 atom stereocenters. The Morgan fingerprint density at radius 2 is 2.35 bits per heavy atom. The van der Waals surface area contributed by atoms with E-state index in [-0.39, 0.29) is 30.1 Å². The van der Waals surface area contributed by atoms with Gasteiger partial charge in [0.15, 0.2) is 5.82 Å². The van der Waals surface area contributed by atoms with E-state index in [1.165, 1.54) is 33.2 Å². The van der Waals surface area contributed by atoms with Gasteiger partial charge in [0.05, 0.1) is 0 Å². The second kappa shape index (κ2) is 6.48. The average Bonchev–Trinajstić information content (AvgIpc) is 3.31. The summed E-state index contributed by atoms with van der Waals surface area (Å²) in [5.41, 5.74) is 4.67. The van der Waals surface area contributed by atoms with Crippen LogP contribution >= 0.6 is 23.5 Å². The third-order valence-corrected chi connectivity index (χ3v) is 6.95. The molecule has 1 amide bonds. The molecule has 0 radical (unpaired) electrons. The number of amides is 1. The summed E-state index contributed by atoms with van der Waals surface area (Å²) in [5, 5.41) is 35.3. The zero-order chi connectivity index (χ0) is 18.3. The van der Waals surface area contributed by atoms with Crippen molar-refractivity contribution in [2.24, 2.45) is 11.1 Å². The minimum Gasteiger partial charge on any atom is -0.481 e. The highest BCUT2D eigenvalue weighted by molar-refractivity contribution is 8.00. The molecular weight excluding hydrogens is 384 g/mol. The van der Waals surface area contributed by atoms with E-state index >= 15 is 0 Å². The van der Waals surface area contributed by atoms with E-state index in [1.54, 1.807) is 0 Å². The van der Waals surface area contributed by atoms with Gasteiger partial charge in [0.1, 0.15) is 23.4 Å². The minimum atomic E-state index is -1.08. The smallest absolute Gasteiger partial charge is 0.313 e. The Morgan fingerprint density at radius 3 is 3.08 bits per heavy atom. The number of β-lactam (4-membered cyclic amide) rings is 1. The molecule has 4 rings (SSSR count). The Balaban J connectivity index is 1.41. The van der Waals surface area contributed by atoms with Gasteiger partial charge < -0.3 is 15.7 Å².